The van der Waals surface area contributed by atoms with Crippen molar-refractivity contribution in [1.29, 1.82) is 0 Å². The summed E-state index contributed by atoms with van der Waals surface area (Å²) in [5.74, 6) is 1.06. The van der Waals surface area contributed by atoms with Gasteiger partial charge in [0, 0.05) is 13.0 Å². The number of imidazole rings is 1. The third-order valence-corrected chi connectivity index (χ3v) is 3.42. The smallest absolute Gasteiger partial charge is 0.109 e. The Labute approximate surface area is 101 Å². The van der Waals surface area contributed by atoms with Crippen LogP contribution in [0, 0.1) is 13.8 Å². The van der Waals surface area contributed by atoms with Gasteiger partial charge in [-0.25, -0.2) is 4.98 Å². The summed E-state index contributed by atoms with van der Waals surface area (Å²) in [6.07, 6.45) is 3.61. The number of hydrogen-bond acceptors (Lipinski definition) is 2. The Morgan fingerprint density at radius 1 is 1.41 bits per heavy atom. The highest BCUT2D eigenvalue weighted by Gasteiger charge is 2.18. The highest BCUT2D eigenvalue weighted by atomic mass is 16.5. The van der Waals surface area contributed by atoms with E-state index in [1.165, 1.54) is 17.5 Å². The number of benzene rings is 1. The maximum absolute atomic E-state index is 5.65. The molecule has 90 valence electrons. The summed E-state index contributed by atoms with van der Waals surface area (Å²) in [6, 6.07) is 4.34. The number of nitrogens with one attached hydrogen (secondary N) is 1. The zero-order valence-corrected chi connectivity index (χ0v) is 10.4. The minimum absolute atomic E-state index is 0.358. The van der Waals surface area contributed by atoms with Crippen LogP contribution in [0.1, 0.15) is 29.8 Å². The summed E-state index contributed by atoms with van der Waals surface area (Å²) < 4.78 is 5.65. The number of ether oxygens (including phenoxy) is 1. The average molecular weight is 230 g/mol. The molecule has 0 spiro atoms. The number of rotatable bonds is 2. The van der Waals surface area contributed by atoms with Gasteiger partial charge < -0.3 is 9.72 Å². The van der Waals surface area contributed by atoms with E-state index >= 15 is 0 Å². The third-order valence-electron chi connectivity index (χ3n) is 3.42. The molecule has 1 aliphatic rings. The van der Waals surface area contributed by atoms with Crippen LogP contribution < -0.4 is 0 Å². The molecule has 3 nitrogen and oxygen atoms in total. The fourth-order valence-corrected chi connectivity index (χ4v) is 2.64. The van der Waals surface area contributed by atoms with Crippen molar-refractivity contribution < 1.29 is 4.74 Å². The monoisotopic (exact) mass is 230 g/mol. The van der Waals surface area contributed by atoms with E-state index in [2.05, 4.69) is 35.9 Å². The SMILES string of the molecule is Cc1cc(C)c2nc(CC3CCCO3)[nH]c2c1. The summed E-state index contributed by atoms with van der Waals surface area (Å²) in [5.41, 5.74) is 4.77. The molecule has 2 aromatic rings. The molecule has 3 heteroatoms. The zero-order valence-electron chi connectivity index (χ0n) is 10.4. The lowest BCUT2D eigenvalue weighted by Gasteiger charge is -2.05. The molecule has 1 unspecified atom stereocenters. The Morgan fingerprint density at radius 3 is 3.06 bits per heavy atom. The number of hydrogen-bond donors (Lipinski definition) is 1. The van der Waals surface area contributed by atoms with E-state index in [1.54, 1.807) is 0 Å². The molecule has 1 saturated heterocycles. The standard InChI is InChI=1S/C14H18N2O/c1-9-6-10(2)14-12(7-9)15-13(16-14)8-11-4-3-5-17-11/h6-7,11H,3-5,8H2,1-2H3,(H,15,16). The quantitative estimate of drug-likeness (QED) is 0.861. The minimum Gasteiger partial charge on any atom is -0.378 e. The number of fused-ring (bicyclic) bond motifs is 1. The summed E-state index contributed by atoms with van der Waals surface area (Å²) in [7, 11) is 0. The third kappa shape index (κ3) is 2.07. The van der Waals surface area contributed by atoms with E-state index in [0.29, 0.717) is 6.10 Å². The van der Waals surface area contributed by atoms with Crippen molar-refractivity contribution in [2.24, 2.45) is 0 Å². The lowest BCUT2D eigenvalue weighted by atomic mass is 10.1. The van der Waals surface area contributed by atoms with Crippen molar-refractivity contribution in [2.75, 3.05) is 6.61 Å². The lowest BCUT2D eigenvalue weighted by Crippen LogP contribution is -2.09. The Kier molecular flexibility index (Phi) is 2.63. The molecule has 2 heterocycles. The topological polar surface area (TPSA) is 37.9 Å². The van der Waals surface area contributed by atoms with Crippen LogP contribution in [-0.2, 0) is 11.2 Å². The van der Waals surface area contributed by atoms with Gasteiger partial charge in [0.2, 0.25) is 0 Å². The van der Waals surface area contributed by atoms with Gasteiger partial charge in [-0.05, 0) is 43.9 Å². The minimum atomic E-state index is 0.358. The predicted octanol–water partition coefficient (Wildman–Crippen LogP) is 2.90. The Bertz CT molecular complexity index is 538. The molecule has 1 aromatic heterocycles. The second-order valence-electron chi connectivity index (χ2n) is 5.00. The van der Waals surface area contributed by atoms with Gasteiger partial charge in [0.05, 0.1) is 17.1 Å². The highest BCUT2D eigenvalue weighted by molar-refractivity contribution is 5.79. The van der Waals surface area contributed by atoms with Crippen molar-refractivity contribution in [3.8, 4) is 0 Å². The highest BCUT2D eigenvalue weighted by Crippen LogP contribution is 2.21. The van der Waals surface area contributed by atoms with Crippen molar-refractivity contribution in [3.63, 3.8) is 0 Å². The molecule has 0 radical (unpaired) electrons. The maximum atomic E-state index is 5.65. The number of aromatic nitrogens is 2. The second kappa shape index (κ2) is 4.15. The van der Waals surface area contributed by atoms with Crippen molar-refractivity contribution in [3.05, 3.63) is 29.1 Å². The molecular weight excluding hydrogens is 212 g/mol. The van der Waals surface area contributed by atoms with Crippen LogP contribution in [0.15, 0.2) is 12.1 Å². The first kappa shape index (κ1) is 10.8. The molecule has 0 saturated carbocycles. The van der Waals surface area contributed by atoms with Crippen molar-refractivity contribution in [1.82, 2.24) is 9.97 Å². The molecule has 1 fully saturated rings. The van der Waals surface area contributed by atoms with E-state index in [0.717, 1.165) is 36.3 Å². The number of aryl methyl sites for hydroxylation is 2. The summed E-state index contributed by atoms with van der Waals surface area (Å²) in [5, 5.41) is 0. The molecular formula is C14H18N2O. The lowest BCUT2D eigenvalue weighted by molar-refractivity contribution is 0.110. The molecule has 0 aliphatic carbocycles. The van der Waals surface area contributed by atoms with Crippen LogP contribution >= 0.6 is 0 Å². The zero-order chi connectivity index (χ0) is 11.8. The molecule has 3 rings (SSSR count). The molecule has 1 N–H and O–H groups in total. The van der Waals surface area contributed by atoms with Crippen LogP contribution in [0.25, 0.3) is 11.0 Å². The number of aromatic amines is 1. The van der Waals surface area contributed by atoms with Crippen LogP contribution in [0.2, 0.25) is 0 Å². The fourth-order valence-electron chi connectivity index (χ4n) is 2.64. The van der Waals surface area contributed by atoms with E-state index < -0.39 is 0 Å². The molecule has 17 heavy (non-hydrogen) atoms. The first-order valence-corrected chi connectivity index (χ1v) is 6.30. The van der Waals surface area contributed by atoms with Gasteiger partial charge in [-0.15, -0.1) is 0 Å². The summed E-state index contributed by atoms with van der Waals surface area (Å²) in [4.78, 5) is 8.09. The van der Waals surface area contributed by atoms with Crippen molar-refractivity contribution in [2.45, 2.75) is 39.2 Å². The van der Waals surface area contributed by atoms with Gasteiger partial charge in [0.1, 0.15) is 5.82 Å². The Hall–Kier alpha value is -1.35. The van der Waals surface area contributed by atoms with Crippen LogP contribution in [0.3, 0.4) is 0 Å². The van der Waals surface area contributed by atoms with Gasteiger partial charge in [-0.3, -0.25) is 0 Å². The van der Waals surface area contributed by atoms with Crippen LogP contribution in [0.4, 0.5) is 0 Å². The van der Waals surface area contributed by atoms with Crippen molar-refractivity contribution >= 4 is 11.0 Å². The van der Waals surface area contributed by atoms with E-state index in [-0.39, 0.29) is 0 Å². The largest absolute Gasteiger partial charge is 0.378 e. The van der Waals surface area contributed by atoms with E-state index in [1.807, 2.05) is 0 Å². The number of H-pyrrole nitrogens is 1. The van der Waals surface area contributed by atoms with Crippen LogP contribution in [0.5, 0.6) is 0 Å². The first-order valence-electron chi connectivity index (χ1n) is 6.30. The number of nitrogens with zero attached hydrogens (tertiary/aromatic N) is 1. The van der Waals surface area contributed by atoms with Gasteiger partial charge in [-0.2, -0.15) is 0 Å². The summed E-state index contributed by atoms with van der Waals surface area (Å²) >= 11 is 0. The Balaban J connectivity index is 1.93. The normalized spacial score (nSPS) is 20.2. The fraction of sp³-hybridized carbons (Fsp3) is 0.500. The van der Waals surface area contributed by atoms with Gasteiger partial charge >= 0.3 is 0 Å². The molecule has 1 aromatic carbocycles. The predicted molar refractivity (Wildman–Crippen MR) is 68.2 cm³/mol. The molecule has 0 amide bonds. The first-order chi connectivity index (χ1) is 8.22. The second-order valence-corrected chi connectivity index (χ2v) is 5.00. The van der Waals surface area contributed by atoms with Crippen LogP contribution in [-0.4, -0.2) is 22.7 Å². The Morgan fingerprint density at radius 2 is 2.29 bits per heavy atom. The molecule has 1 atom stereocenters. The maximum Gasteiger partial charge on any atom is 0.109 e. The molecule has 1 aliphatic heterocycles. The van der Waals surface area contributed by atoms with E-state index in [9.17, 15) is 0 Å². The van der Waals surface area contributed by atoms with Gasteiger partial charge in [0.15, 0.2) is 0 Å². The molecule has 0 bridgehead atoms. The van der Waals surface area contributed by atoms with E-state index in [4.69, 9.17) is 4.74 Å². The van der Waals surface area contributed by atoms with Gasteiger partial charge in [-0.1, -0.05) is 6.07 Å². The summed E-state index contributed by atoms with van der Waals surface area (Å²) in [6.45, 7) is 5.14. The average Bonchev–Trinajstić information content (AvgIpc) is 2.87. The van der Waals surface area contributed by atoms with Gasteiger partial charge in [0.25, 0.3) is 0 Å².